The van der Waals surface area contributed by atoms with Crippen LogP contribution in [0.1, 0.15) is 19.3 Å². The van der Waals surface area contributed by atoms with Crippen LogP contribution in [0, 0.1) is 0 Å². The van der Waals surface area contributed by atoms with Crippen molar-refractivity contribution >= 4 is 6.03 Å². The van der Waals surface area contributed by atoms with Gasteiger partial charge in [0.25, 0.3) is 0 Å². The van der Waals surface area contributed by atoms with Crippen LogP contribution in [0.4, 0.5) is 4.79 Å². The molecule has 7 heteroatoms. The Hall–Kier alpha value is -0.890. The lowest BCUT2D eigenvalue weighted by Crippen LogP contribution is -2.66. The highest BCUT2D eigenvalue weighted by molar-refractivity contribution is 5.74. The van der Waals surface area contributed by atoms with Crippen LogP contribution in [-0.2, 0) is 0 Å². The number of rotatable bonds is 1. The summed E-state index contributed by atoms with van der Waals surface area (Å²) in [6.45, 7) is 2.66. The van der Waals surface area contributed by atoms with Crippen LogP contribution in [0.5, 0.6) is 0 Å². The summed E-state index contributed by atoms with van der Waals surface area (Å²) in [7, 11) is 0. The van der Waals surface area contributed by atoms with Crippen molar-refractivity contribution in [3.05, 3.63) is 0 Å². The van der Waals surface area contributed by atoms with Crippen LogP contribution in [0.3, 0.4) is 0 Å². The van der Waals surface area contributed by atoms with Gasteiger partial charge in [-0.1, -0.05) is 0 Å². The summed E-state index contributed by atoms with van der Waals surface area (Å²) in [5.74, 6) is 0. The SMILES string of the molecule is O=C(N[C@H]1CN2CC[C@H](O)[C@@H]2[C@@H](O)[C@@H]1O)N1CCCC1. The summed E-state index contributed by atoms with van der Waals surface area (Å²) >= 11 is 0. The molecule has 3 saturated heterocycles. The Kier molecular flexibility index (Phi) is 3.85. The van der Waals surface area contributed by atoms with Gasteiger partial charge in [-0.3, -0.25) is 4.90 Å². The summed E-state index contributed by atoms with van der Waals surface area (Å²) in [6.07, 6.45) is -0.0234. The minimum absolute atomic E-state index is 0.169. The number of hydrogen-bond acceptors (Lipinski definition) is 5. The van der Waals surface area contributed by atoms with Gasteiger partial charge < -0.3 is 25.5 Å². The molecule has 0 radical (unpaired) electrons. The smallest absolute Gasteiger partial charge is 0.317 e. The minimum Gasteiger partial charge on any atom is -0.391 e. The van der Waals surface area contributed by atoms with Gasteiger partial charge in [0.15, 0.2) is 0 Å². The standard InChI is InChI=1S/C13H23N3O4/c17-9-3-6-16-7-8(11(18)12(19)10(9)16)14-13(20)15-4-1-2-5-15/h8-12,17-19H,1-7H2,(H,14,20)/t8-,9-,10+,11+,12+/m0/s1. The largest absolute Gasteiger partial charge is 0.391 e. The molecular weight excluding hydrogens is 262 g/mol. The fraction of sp³-hybridized carbons (Fsp3) is 0.923. The highest BCUT2D eigenvalue weighted by atomic mass is 16.3. The second kappa shape index (κ2) is 5.48. The van der Waals surface area contributed by atoms with E-state index in [-0.39, 0.29) is 6.03 Å². The lowest BCUT2D eigenvalue weighted by Gasteiger charge is -2.43. The molecule has 7 nitrogen and oxygen atoms in total. The van der Waals surface area contributed by atoms with E-state index in [1.165, 1.54) is 0 Å². The summed E-state index contributed by atoms with van der Waals surface area (Å²) in [5, 5.41) is 33.0. The monoisotopic (exact) mass is 285 g/mol. The predicted molar refractivity (Wildman–Crippen MR) is 71.1 cm³/mol. The minimum atomic E-state index is -1.03. The first-order valence-electron chi connectivity index (χ1n) is 7.41. The second-order valence-corrected chi connectivity index (χ2v) is 6.07. The van der Waals surface area contributed by atoms with Gasteiger partial charge >= 0.3 is 6.03 Å². The number of carbonyl (C=O) groups excluding carboxylic acids is 1. The van der Waals surface area contributed by atoms with E-state index in [0.717, 1.165) is 25.9 Å². The van der Waals surface area contributed by atoms with Gasteiger partial charge in [-0.05, 0) is 19.3 Å². The highest BCUT2D eigenvalue weighted by Gasteiger charge is 2.48. The van der Waals surface area contributed by atoms with Gasteiger partial charge in [0.05, 0.1) is 24.3 Å². The summed E-state index contributed by atoms with van der Waals surface area (Å²) in [6, 6.07) is -1.07. The van der Waals surface area contributed by atoms with E-state index in [0.29, 0.717) is 19.5 Å². The van der Waals surface area contributed by atoms with Gasteiger partial charge in [-0.2, -0.15) is 0 Å². The lowest BCUT2D eigenvalue weighted by atomic mass is 9.91. The molecule has 3 aliphatic rings. The Morgan fingerprint density at radius 1 is 1.05 bits per heavy atom. The van der Waals surface area contributed by atoms with Gasteiger partial charge in [0.1, 0.15) is 6.10 Å². The number of nitrogens with zero attached hydrogens (tertiary/aromatic N) is 2. The van der Waals surface area contributed by atoms with E-state index in [2.05, 4.69) is 5.32 Å². The van der Waals surface area contributed by atoms with Crippen LogP contribution in [0.25, 0.3) is 0 Å². The molecule has 0 aromatic heterocycles. The van der Waals surface area contributed by atoms with Crippen LogP contribution >= 0.6 is 0 Å². The molecule has 0 bridgehead atoms. The zero-order valence-corrected chi connectivity index (χ0v) is 11.5. The number of urea groups is 1. The van der Waals surface area contributed by atoms with Crippen molar-refractivity contribution in [1.82, 2.24) is 15.1 Å². The average molecular weight is 285 g/mol. The topological polar surface area (TPSA) is 96.3 Å². The molecule has 114 valence electrons. The van der Waals surface area contributed by atoms with E-state index >= 15 is 0 Å². The van der Waals surface area contributed by atoms with Crippen molar-refractivity contribution in [2.24, 2.45) is 0 Å². The van der Waals surface area contributed by atoms with Crippen LogP contribution in [-0.4, -0.2) is 87.7 Å². The molecule has 2 amide bonds. The number of likely N-dealkylation sites (tertiary alicyclic amines) is 1. The molecule has 3 heterocycles. The molecular formula is C13H23N3O4. The average Bonchev–Trinajstić information content (AvgIpc) is 3.05. The van der Waals surface area contributed by atoms with Gasteiger partial charge in [0, 0.05) is 26.2 Å². The second-order valence-electron chi connectivity index (χ2n) is 6.07. The number of aliphatic hydroxyl groups is 3. The zero-order chi connectivity index (χ0) is 14.3. The fourth-order valence-corrected chi connectivity index (χ4v) is 3.62. The maximum Gasteiger partial charge on any atom is 0.317 e. The number of piperidine rings is 1. The number of amides is 2. The predicted octanol–water partition coefficient (Wildman–Crippen LogP) is -1.67. The molecule has 0 spiro atoms. The van der Waals surface area contributed by atoms with Gasteiger partial charge in [0.2, 0.25) is 0 Å². The normalized spacial score (nSPS) is 41.8. The number of fused-ring (bicyclic) bond motifs is 1. The van der Waals surface area contributed by atoms with Crippen LogP contribution in [0.15, 0.2) is 0 Å². The zero-order valence-electron chi connectivity index (χ0n) is 11.5. The van der Waals surface area contributed by atoms with Crippen molar-refractivity contribution in [3.8, 4) is 0 Å². The van der Waals surface area contributed by atoms with E-state index < -0.39 is 30.4 Å². The van der Waals surface area contributed by atoms with Crippen molar-refractivity contribution in [2.75, 3.05) is 26.2 Å². The maximum absolute atomic E-state index is 12.1. The Morgan fingerprint density at radius 2 is 1.75 bits per heavy atom. The molecule has 0 aliphatic carbocycles. The summed E-state index contributed by atoms with van der Waals surface area (Å²) in [4.78, 5) is 15.8. The molecule has 20 heavy (non-hydrogen) atoms. The van der Waals surface area contributed by atoms with E-state index in [4.69, 9.17) is 0 Å². The highest BCUT2D eigenvalue weighted by Crippen LogP contribution is 2.28. The van der Waals surface area contributed by atoms with Crippen molar-refractivity contribution in [3.63, 3.8) is 0 Å². The first-order valence-corrected chi connectivity index (χ1v) is 7.41. The van der Waals surface area contributed by atoms with Crippen LogP contribution in [0.2, 0.25) is 0 Å². The molecule has 4 N–H and O–H groups in total. The molecule has 0 unspecified atom stereocenters. The van der Waals surface area contributed by atoms with E-state index in [1.54, 1.807) is 4.90 Å². The first kappa shape index (κ1) is 14.1. The molecule has 3 rings (SSSR count). The lowest BCUT2D eigenvalue weighted by molar-refractivity contribution is -0.0996. The Labute approximate surface area is 118 Å². The molecule has 3 fully saturated rings. The Morgan fingerprint density at radius 3 is 2.45 bits per heavy atom. The number of aliphatic hydroxyl groups excluding tert-OH is 3. The third-order valence-electron chi connectivity index (χ3n) is 4.77. The molecule has 0 saturated carbocycles. The van der Waals surface area contributed by atoms with Crippen molar-refractivity contribution < 1.29 is 20.1 Å². The number of nitrogens with one attached hydrogen (secondary N) is 1. The number of hydrogen-bond donors (Lipinski definition) is 4. The third-order valence-corrected chi connectivity index (χ3v) is 4.77. The van der Waals surface area contributed by atoms with Crippen molar-refractivity contribution in [1.29, 1.82) is 0 Å². The summed E-state index contributed by atoms with van der Waals surface area (Å²) in [5.41, 5.74) is 0. The molecule has 0 aromatic rings. The molecule has 5 atom stereocenters. The Bertz CT molecular complexity index is 375. The maximum atomic E-state index is 12.1. The summed E-state index contributed by atoms with van der Waals surface area (Å²) < 4.78 is 0. The van der Waals surface area contributed by atoms with Gasteiger partial charge in [-0.15, -0.1) is 0 Å². The first-order chi connectivity index (χ1) is 9.58. The number of carbonyl (C=O) groups is 1. The molecule has 0 aromatic carbocycles. The van der Waals surface area contributed by atoms with E-state index in [1.807, 2.05) is 4.90 Å². The Balaban J connectivity index is 1.63. The van der Waals surface area contributed by atoms with Gasteiger partial charge in [-0.25, -0.2) is 4.79 Å². The molecule has 3 aliphatic heterocycles. The fourth-order valence-electron chi connectivity index (χ4n) is 3.62. The quantitative estimate of drug-likeness (QED) is 0.462. The van der Waals surface area contributed by atoms with E-state index in [9.17, 15) is 20.1 Å². The third kappa shape index (κ3) is 2.39. The van der Waals surface area contributed by atoms with Crippen LogP contribution < -0.4 is 5.32 Å². The van der Waals surface area contributed by atoms with Crippen molar-refractivity contribution in [2.45, 2.75) is 49.7 Å².